The molecule has 0 N–H and O–H groups in total. The Morgan fingerprint density at radius 2 is 1.55 bits per heavy atom. The number of hydrogen-bond acceptors (Lipinski definition) is 3. The fourth-order valence-corrected chi connectivity index (χ4v) is 4.17. The van der Waals surface area contributed by atoms with Gasteiger partial charge in [-0.2, -0.15) is 0 Å². The van der Waals surface area contributed by atoms with Crippen LogP contribution in [0.25, 0.3) is 0 Å². The molecule has 0 aliphatic carbocycles. The van der Waals surface area contributed by atoms with E-state index in [1.807, 2.05) is 0 Å². The molecule has 3 rings (SSSR count). The maximum absolute atomic E-state index is 12.4. The molecule has 0 spiro atoms. The number of carbonyl (C=O) groups excluding carboxylic acids is 1. The standard InChI is InChI=1S/C18H33N3O/c1-13(2)15-5-7-19(8-6-15)17-11-21(12-17)18(22)16-9-20(10-16)14(3)4/h13-17H,5-12H2,1-4H3. The van der Waals surface area contributed by atoms with Crippen molar-refractivity contribution in [2.24, 2.45) is 17.8 Å². The molecule has 126 valence electrons. The number of hydrogen-bond donors (Lipinski definition) is 0. The second-order valence-corrected chi connectivity index (χ2v) is 8.26. The summed E-state index contributed by atoms with van der Waals surface area (Å²) in [5.41, 5.74) is 0. The van der Waals surface area contributed by atoms with Crippen LogP contribution in [0.4, 0.5) is 0 Å². The van der Waals surface area contributed by atoms with Gasteiger partial charge in [0.05, 0.1) is 5.92 Å². The molecule has 0 atom stereocenters. The van der Waals surface area contributed by atoms with E-state index in [1.54, 1.807) is 0 Å². The van der Waals surface area contributed by atoms with Crippen molar-refractivity contribution in [2.45, 2.75) is 52.6 Å². The minimum absolute atomic E-state index is 0.273. The molecule has 1 amide bonds. The van der Waals surface area contributed by atoms with Crippen molar-refractivity contribution in [3.63, 3.8) is 0 Å². The predicted molar refractivity (Wildman–Crippen MR) is 89.7 cm³/mol. The molecule has 0 saturated carbocycles. The summed E-state index contributed by atoms with van der Waals surface area (Å²) in [7, 11) is 0. The lowest BCUT2D eigenvalue weighted by Gasteiger charge is -2.51. The smallest absolute Gasteiger partial charge is 0.228 e. The molecule has 4 nitrogen and oxygen atoms in total. The van der Waals surface area contributed by atoms with Crippen LogP contribution in [0.2, 0.25) is 0 Å². The van der Waals surface area contributed by atoms with E-state index in [9.17, 15) is 4.79 Å². The highest BCUT2D eigenvalue weighted by Gasteiger charge is 2.42. The first kappa shape index (κ1) is 16.3. The van der Waals surface area contributed by atoms with Crippen LogP contribution in [0.1, 0.15) is 40.5 Å². The molecule has 3 fully saturated rings. The number of nitrogens with zero attached hydrogens (tertiary/aromatic N) is 3. The zero-order valence-electron chi connectivity index (χ0n) is 14.8. The molecule has 3 saturated heterocycles. The van der Waals surface area contributed by atoms with Crippen molar-refractivity contribution in [3.05, 3.63) is 0 Å². The average molecular weight is 307 g/mol. The number of likely N-dealkylation sites (tertiary alicyclic amines) is 3. The maximum Gasteiger partial charge on any atom is 0.228 e. The van der Waals surface area contributed by atoms with Crippen LogP contribution >= 0.6 is 0 Å². The van der Waals surface area contributed by atoms with E-state index in [-0.39, 0.29) is 5.92 Å². The number of amides is 1. The van der Waals surface area contributed by atoms with E-state index in [0.717, 1.165) is 38.0 Å². The Bertz CT molecular complexity index is 389. The van der Waals surface area contributed by atoms with Gasteiger partial charge in [0.2, 0.25) is 5.91 Å². The van der Waals surface area contributed by atoms with Crippen LogP contribution in [0, 0.1) is 17.8 Å². The summed E-state index contributed by atoms with van der Waals surface area (Å²) in [6.45, 7) is 15.5. The topological polar surface area (TPSA) is 26.8 Å². The lowest BCUT2D eigenvalue weighted by molar-refractivity contribution is -0.150. The maximum atomic E-state index is 12.4. The van der Waals surface area contributed by atoms with Crippen LogP contribution in [0.3, 0.4) is 0 Å². The Hall–Kier alpha value is -0.610. The monoisotopic (exact) mass is 307 g/mol. The van der Waals surface area contributed by atoms with Crippen molar-refractivity contribution < 1.29 is 4.79 Å². The molecule has 0 aromatic heterocycles. The third-order valence-electron chi connectivity index (χ3n) is 6.20. The van der Waals surface area contributed by atoms with Crippen LogP contribution in [0.5, 0.6) is 0 Å². The normalized spacial score (nSPS) is 26.5. The largest absolute Gasteiger partial charge is 0.339 e. The first-order valence-corrected chi connectivity index (χ1v) is 9.22. The summed E-state index contributed by atoms with van der Waals surface area (Å²) in [6.07, 6.45) is 2.68. The average Bonchev–Trinajstić information content (AvgIpc) is 2.35. The molecule has 0 aromatic carbocycles. The Morgan fingerprint density at radius 3 is 2.05 bits per heavy atom. The highest BCUT2D eigenvalue weighted by Crippen LogP contribution is 2.29. The number of carbonyl (C=O) groups is 1. The Morgan fingerprint density at radius 1 is 0.955 bits per heavy atom. The number of rotatable bonds is 4. The van der Waals surface area contributed by atoms with Gasteiger partial charge in [-0.3, -0.25) is 14.6 Å². The Balaban J connectivity index is 1.37. The highest BCUT2D eigenvalue weighted by molar-refractivity contribution is 5.81. The summed E-state index contributed by atoms with van der Waals surface area (Å²) in [5.74, 6) is 2.41. The van der Waals surface area contributed by atoms with Gasteiger partial charge in [-0.1, -0.05) is 13.8 Å². The second kappa shape index (κ2) is 6.48. The van der Waals surface area contributed by atoms with E-state index in [4.69, 9.17) is 0 Å². The zero-order valence-corrected chi connectivity index (χ0v) is 14.8. The Labute approximate surface area is 135 Å². The molecule has 22 heavy (non-hydrogen) atoms. The summed E-state index contributed by atoms with van der Waals surface area (Å²) < 4.78 is 0. The van der Waals surface area contributed by atoms with Gasteiger partial charge in [-0.15, -0.1) is 0 Å². The quantitative estimate of drug-likeness (QED) is 0.794. The van der Waals surface area contributed by atoms with Crippen LogP contribution in [0.15, 0.2) is 0 Å². The molecule has 0 unspecified atom stereocenters. The molecular formula is C18H33N3O. The van der Waals surface area contributed by atoms with Crippen molar-refractivity contribution in [1.82, 2.24) is 14.7 Å². The zero-order chi connectivity index (χ0) is 15.9. The highest BCUT2D eigenvalue weighted by atomic mass is 16.2. The van der Waals surface area contributed by atoms with Gasteiger partial charge in [-0.05, 0) is 51.6 Å². The van der Waals surface area contributed by atoms with E-state index < -0.39 is 0 Å². The van der Waals surface area contributed by atoms with E-state index >= 15 is 0 Å². The van der Waals surface area contributed by atoms with Crippen molar-refractivity contribution >= 4 is 5.91 Å². The van der Waals surface area contributed by atoms with Gasteiger partial charge in [0.15, 0.2) is 0 Å². The van der Waals surface area contributed by atoms with Crippen LogP contribution in [-0.2, 0) is 4.79 Å². The number of piperidine rings is 1. The first-order valence-electron chi connectivity index (χ1n) is 9.22. The molecule has 0 aromatic rings. The second-order valence-electron chi connectivity index (χ2n) is 8.26. The fourth-order valence-electron chi connectivity index (χ4n) is 4.17. The lowest BCUT2D eigenvalue weighted by Crippen LogP contribution is -2.66. The van der Waals surface area contributed by atoms with Crippen molar-refractivity contribution in [3.8, 4) is 0 Å². The first-order chi connectivity index (χ1) is 10.5. The summed E-state index contributed by atoms with van der Waals surface area (Å²) >= 11 is 0. The molecular weight excluding hydrogens is 274 g/mol. The molecule has 0 radical (unpaired) electrons. The van der Waals surface area contributed by atoms with E-state index in [1.165, 1.54) is 25.9 Å². The minimum Gasteiger partial charge on any atom is -0.339 e. The summed E-state index contributed by atoms with van der Waals surface area (Å²) in [5, 5.41) is 0. The molecule has 0 bridgehead atoms. The van der Waals surface area contributed by atoms with E-state index in [0.29, 0.717) is 18.0 Å². The van der Waals surface area contributed by atoms with Crippen LogP contribution < -0.4 is 0 Å². The van der Waals surface area contributed by atoms with Gasteiger partial charge in [-0.25, -0.2) is 0 Å². The van der Waals surface area contributed by atoms with Gasteiger partial charge < -0.3 is 4.90 Å². The SMILES string of the molecule is CC(C)C1CCN(C2CN(C(=O)C3CN(C(C)C)C3)C2)CC1. The molecule has 3 aliphatic rings. The van der Waals surface area contributed by atoms with Gasteiger partial charge in [0, 0.05) is 38.3 Å². The van der Waals surface area contributed by atoms with Gasteiger partial charge >= 0.3 is 0 Å². The summed E-state index contributed by atoms with van der Waals surface area (Å²) in [6, 6.07) is 1.22. The predicted octanol–water partition coefficient (Wildman–Crippen LogP) is 1.91. The summed E-state index contributed by atoms with van der Waals surface area (Å²) in [4.78, 5) is 19.5. The van der Waals surface area contributed by atoms with Crippen molar-refractivity contribution in [1.29, 1.82) is 0 Å². The minimum atomic E-state index is 0.273. The van der Waals surface area contributed by atoms with Gasteiger partial charge in [0.25, 0.3) is 0 Å². The third-order valence-corrected chi connectivity index (χ3v) is 6.20. The van der Waals surface area contributed by atoms with Crippen LogP contribution in [-0.4, -0.2) is 72.0 Å². The lowest BCUT2D eigenvalue weighted by atomic mass is 9.85. The third kappa shape index (κ3) is 3.18. The van der Waals surface area contributed by atoms with Crippen molar-refractivity contribution in [2.75, 3.05) is 39.3 Å². The molecule has 3 heterocycles. The van der Waals surface area contributed by atoms with Gasteiger partial charge in [0.1, 0.15) is 0 Å². The fraction of sp³-hybridized carbons (Fsp3) is 0.944. The molecule has 3 aliphatic heterocycles. The van der Waals surface area contributed by atoms with E-state index in [2.05, 4.69) is 42.4 Å². The molecule has 4 heteroatoms. The Kier molecular flexibility index (Phi) is 4.79.